The number of hydrogen-bond acceptors (Lipinski definition) is 3. The molecule has 0 aromatic carbocycles. The van der Waals surface area contributed by atoms with Crippen LogP contribution < -0.4 is 5.32 Å². The number of carbonyl (C=O) groups excluding carboxylic acids is 1. The molecule has 0 radical (unpaired) electrons. The molecule has 3 atom stereocenters. The minimum absolute atomic E-state index is 0.158. The lowest BCUT2D eigenvalue weighted by Crippen LogP contribution is -2.41. The average Bonchev–Trinajstić information content (AvgIpc) is 2.53. The lowest BCUT2D eigenvalue weighted by atomic mass is 9.89. The van der Waals surface area contributed by atoms with Gasteiger partial charge in [0.2, 0.25) is 0 Å². The molecule has 1 rings (SSSR count). The third-order valence-electron chi connectivity index (χ3n) is 4.00. The molecule has 0 bridgehead atoms. The van der Waals surface area contributed by atoms with E-state index in [0.29, 0.717) is 6.04 Å². The Hall–Kier alpha value is -0.570. The fraction of sp³-hybridized carbons (Fsp3) is 0.929. The van der Waals surface area contributed by atoms with Gasteiger partial charge in [-0.05, 0) is 38.0 Å². The predicted molar refractivity (Wildman–Crippen MR) is 69.8 cm³/mol. The van der Waals surface area contributed by atoms with Gasteiger partial charge in [0.25, 0.3) is 0 Å². The summed E-state index contributed by atoms with van der Waals surface area (Å²) in [6.07, 6.45) is 6.26. The first-order valence-corrected chi connectivity index (χ1v) is 6.88. The Morgan fingerprint density at radius 3 is 2.47 bits per heavy atom. The van der Waals surface area contributed by atoms with Crippen LogP contribution in [0.2, 0.25) is 0 Å². The molecule has 17 heavy (non-hydrogen) atoms. The molecule has 0 aliphatic heterocycles. The van der Waals surface area contributed by atoms with Crippen LogP contribution in [-0.2, 0) is 9.53 Å². The second kappa shape index (κ2) is 7.00. The van der Waals surface area contributed by atoms with Crippen LogP contribution in [0.4, 0.5) is 0 Å². The number of rotatable bonds is 4. The van der Waals surface area contributed by atoms with E-state index in [-0.39, 0.29) is 12.0 Å². The third kappa shape index (κ3) is 4.66. The van der Waals surface area contributed by atoms with Crippen molar-refractivity contribution in [1.29, 1.82) is 0 Å². The second-order valence-corrected chi connectivity index (χ2v) is 5.62. The van der Waals surface area contributed by atoms with Crippen molar-refractivity contribution in [2.24, 2.45) is 11.8 Å². The highest BCUT2D eigenvalue weighted by Crippen LogP contribution is 2.28. The minimum Gasteiger partial charge on any atom is -0.468 e. The first-order chi connectivity index (χ1) is 8.04. The summed E-state index contributed by atoms with van der Waals surface area (Å²) in [4.78, 5) is 11.4. The Bertz CT molecular complexity index is 240. The van der Waals surface area contributed by atoms with Gasteiger partial charge in [-0.3, -0.25) is 4.79 Å². The molecule has 1 fully saturated rings. The molecule has 1 aliphatic rings. The molecule has 3 heteroatoms. The Morgan fingerprint density at radius 1 is 1.18 bits per heavy atom. The summed E-state index contributed by atoms with van der Waals surface area (Å²) in [5.41, 5.74) is 0. The van der Waals surface area contributed by atoms with Crippen molar-refractivity contribution >= 4 is 5.97 Å². The van der Waals surface area contributed by atoms with E-state index in [1.165, 1.54) is 39.2 Å². The van der Waals surface area contributed by atoms with Gasteiger partial charge in [0.1, 0.15) is 6.04 Å². The normalized spacial score (nSPS) is 27.6. The number of nitrogens with one attached hydrogen (secondary N) is 1. The molecule has 0 aromatic heterocycles. The van der Waals surface area contributed by atoms with Crippen molar-refractivity contribution in [3.05, 3.63) is 0 Å². The van der Waals surface area contributed by atoms with Gasteiger partial charge in [-0.25, -0.2) is 0 Å². The predicted octanol–water partition coefficient (Wildman–Crippen LogP) is 2.74. The van der Waals surface area contributed by atoms with Crippen molar-refractivity contribution in [3.63, 3.8) is 0 Å². The van der Waals surface area contributed by atoms with Gasteiger partial charge in [-0.2, -0.15) is 0 Å². The Morgan fingerprint density at radius 2 is 1.88 bits per heavy atom. The number of carbonyl (C=O) groups is 1. The van der Waals surface area contributed by atoms with Gasteiger partial charge in [0.05, 0.1) is 7.11 Å². The number of hydrogen-bond donors (Lipinski definition) is 1. The van der Waals surface area contributed by atoms with Crippen molar-refractivity contribution in [3.8, 4) is 0 Å². The summed E-state index contributed by atoms with van der Waals surface area (Å²) in [5.74, 6) is 1.48. The van der Waals surface area contributed by atoms with Crippen LogP contribution in [0.1, 0.15) is 52.9 Å². The largest absolute Gasteiger partial charge is 0.468 e. The molecule has 0 spiro atoms. The average molecular weight is 241 g/mol. The minimum atomic E-state index is -0.180. The SMILES string of the molecule is COC(=O)[C@H](C)NC1CCCC(C(C)C)CC1. The molecule has 3 nitrogen and oxygen atoms in total. The fourth-order valence-corrected chi connectivity index (χ4v) is 2.76. The maximum Gasteiger partial charge on any atom is 0.322 e. The zero-order valence-electron chi connectivity index (χ0n) is 11.7. The molecule has 1 N–H and O–H groups in total. The summed E-state index contributed by atoms with van der Waals surface area (Å²) in [5, 5.41) is 3.39. The third-order valence-corrected chi connectivity index (χ3v) is 4.00. The monoisotopic (exact) mass is 241 g/mol. The van der Waals surface area contributed by atoms with Gasteiger partial charge < -0.3 is 10.1 Å². The van der Waals surface area contributed by atoms with Crippen molar-refractivity contribution < 1.29 is 9.53 Å². The molecular weight excluding hydrogens is 214 g/mol. The summed E-state index contributed by atoms with van der Waals surface area (Å²) in [6, 6.07) is 0.299. The van der Waals surface area contributed by atoms with Crippen molar-refractivity contribution in [1.82, 2.24) is 5.32 Å². The van der Waals surface area contributed by atoms with E-state index in [2.05, 4.69) is 19.2 Å². The van der Waals surface area contributed by atoms with Crippen LogP contribution in [0.5, 0.6) is 0 Å². The van der Waals surface area contributed by atoms with Crippen molar-refractivity contribution in [2.45, 2.75) is 65.0 Å². The van der Waals surface area contributed by atoms with E-state index in [0.717, 1.165) is 11.8 Å². The quantitative estimate of drug-likeness (QED) is 0.607. The number of methoxy groups -OCH3 is 1. The van der Waals surface area contributed by atoms with Crippen LogP contribution >= 0.6 is 0 Å². The van der Waals surface area contributed by atoms with Crippen molar-refractivity contribution in [2.75, 3.05) is 7.11 Å². The van der Waals surface area contributed by atoms with Gasteiger partial charge >= 0.3 is 5.97 Å². The highest BCUT2D eigenvalue weighted by Gasteiger charge is 2.23. The first-order valence-electron chi connectivity index (χ1n) is 6.88. The number of ether oxygens (including phenoxy) is 1. The summed E-state index contributed by atoms with van der Waals surface area (Å²) in [6.45, 7) is 6.52. The summed E-state index contributed by atoms with van der Waals surface area (Å²) in [7, 11) is 1.45. The first kappa shape index (κ1) is 14.5. The molecule has 100 valence electrons. The zero-order valence-corrected chi connectivity index (χ0v) is 11.7. The number of esters is 1. The summed E-state index contributed by atoms with van der Waals surface area (Å²) < 4.78 is 4.74. The topological polar surface area (TPSA) is 38.3 Å². The molecular formula is C14H27NO2. The lowest BCUT2D eigenvalue weighted by Gasteiger charge is -2.21. The van der Waals surface area contributed by atoms with Crippen LogP contribution in [0.3, 0.4) is 0 Å². The van der Waals surface area contributed by atoms with E-state index in [4.69, 9.17) is 4.74 Å². The summed E-state index contributed by atoms with van der Waals surface area (Å²) >= 11 is 0. The van der Waals surface area contributed by atoms with Crippen LogP contribution in [0, 0.1) is 11.8 Å². The second-order valence-electron chi connectivity index (χ2n) is 5.62. The van der Waals surface area contributed by atoms with E-state index >= 15 is 0 Å². The molecule has 0 amide bonds. The van der Waals surface area contributed by atoms with Gasteiger partial charge in [0, 0.05) is 6.04 Å². The van der Waals surface area contributed by atoms with Gasteiger partial charge in [-0.15, -0.1) is 0 Å². The molecule has 0 aromatic rings. The standard InChI is InChI=1S/C14H27NO2/c1-10(2)12-6-5-7-13(9-8-12)15-11(3)14(16)17-4/h10-13,15H,5-9H2,1-4H3/t11-,12?,13?/m0/s1. The smallest absolute Gasteiger partial charge is 0.322 e. The van der Waals surface area contributed by atoms with Gasteiger partial charge in [0.15, 0.2) is 0 Å². The molecule has 2 unspecified atom stereocenters. The molecule has 1 saturated carbocycles. The molecule has 1 aliphatic carbocycles. The van der Waals surface area contributed by atoms with Crippen LogP contribution in [-0.4, -0.2) is 25.2 Å². The molecule has 0 saturated heterocycles. The Labute approximate surface area is 105 Å². The molecule has 0 heterocycles. The highest BCUT2D eigenvalue weighted by molar-refractivity contribution is 5.75. The Balaban J connectivity index is 2.38. The maximum absolute atomic E-state index is 11.4. The van der Waals surface area contributed by atoms with E-state index in [1.807, 2.05) is 6.92 Å². The van der Waals surface area contributed by atoms with E-state index in [1.54, 1.807) is 0 Å². The zero-order chi connectivity index (χ0) is 12.8. The van der Waals surface area contributed by atoms with E-state index in [9.17, 15) is 4.79 Å². The van der Waals surface area contributed by atoms with Gasteiger partial charge in [-0.1, -0.05) is 26.7 Å². The lowest BCUT2D eigenvalue weighted by molar-refractivity contribution is -0.142. The van der Waals surface area contributed by atoms with Crippen LogP contribution in [0.25, 0.3) is 0 Å². The maximum atomic E-state index is 11.4. The highest BCUT2D eigenvalue weighted by atomic mass is 16.5. The van der Waals surface area contributed by atoms with Crippen LogP contribution in [0.15, 0.2) is 0 Å². The Kier molecular flexibility index (Phi) is 5.96. The fourth-order valence-electron chi connectivity index (χ4n) is 2.76. The van der Waals surface area contributed by atoms with E-state index < -0.39 is 0 Å².